The van der Waals surface area contributed by atoms with E-state index in [2.05, 4.69) is 10.3 Å². The van der Waals surface area contributed by atoms with Crippen LogP contribution in [-0.4, -0.2) is 10.9 Å². The van der Waals surface area contributed by atoms with Gasteiger partial charge in [-0.25, -0.2) is 0 Å². The van der Waals surface area contributed by atoms with Crippen LogP contribution >= 0.6 is 0 Å². The molecule has 19 heavy (non-hydrogen) atoms. The second-order valence-electron chi connectivity index (χ2n) is 4.40. The van der Waals surface area contributed by atoms with E-state index < -0.39 is 6.04 Å². The van der Waals surface area contributed by atoms with Gasteiger partial charge in [0.2, 0.25) is 5.91 Å². The summed E-state index contributed by atoms with van der Waals surface area (Å²) in [5, 5.41) is 2.89. The molecular formula is C15H17N3O. The van der Waals surface area contributed by atoms with E-state index in [1.54, 1.807) is 12.4 Å². The molecule has 2 rings (SSSR count). The van der Waals surface area contributed by atoms with Gasteiger partial charge in [-0.2, -0.15) is 0 Å². The highest BCUT2D eigenvalue weighted by Gasteiger charge is 2.17. The van der Waals surface area contributed by atoms with Crippen molar-refractivity contribution < 1.29 is 4.79 Å². The Kier molecular flexibility index (Phi) is 4.26. The van der Waals surface area contributed by atoms with Crippen molar-refractivity contribution in [2.75, 3.05) is 0 Å². The number of nitrogens with zero attached hydrogens (tertiary/aromatic N) is 1. The van der Waals surface area contributed by atoms with Crippen molar-refractivity contribution in [3.63, 3.8) is 0 Å². The molecule has 1 heterocycles. The fourth-order valence-corrected chi connectivity index (χ4v) is 1.83. The number of benzene rings is 1. The zero-order valence-electron chi connectivity index (χ0n) is 10.8. The molecule has 0 fully saturated rings. The van der Waals surface area contributed by atoms with E-state index in [9.17, 15) is 4.79 Å². The van der Waals surface area contributed by atoms with Gasteiger partial charge in [-0.15, -0.1) is 0 Å². The Hall–Kier alpha value is -2.20. The topological polar surface area (TPSA) is 68.0 Å². The number of carbonyl (C=O) groups excluding carboxylic acids is 1. The van der Waals surface area contributed by atoms with Crippen LogP contribution in [0.15, 0.2) is 54.9 Å². The van der Waals surface area contributed by atoms with Gasteiger partial charge in [0.1, 0.15) is 6.04 Å². The van der Waals surface area contributed by atoms with Gasteiger partial charge in [0.15, 0.2) is 0 Å². The third kappa shape index (κ3) is 3.39. The molecule has 98 valence electrons. The fourth-order valence-electron chi connectivity index (χ4n) is 1.83. The Morgan fingerprint density at radius 1 is 1.16 bits per heavy atom. The summed E-state index contributed by atoms with van der Waals surface area (Å²) in [4.78, 5) is 16.1. The molecule has 4 heteroatoms. The Morgan fingerprint density at radius 3 is 2.47 bits per heavy atom. The zero-order valence-corrected chi connectivity index (χ0v) is 10.8. The van der Waals surface area contributed by atoms with E-state index >= 15 is 0 Å². The monoisotopic (exact) mass is 255 g/mol. The minimum Gasteiger partial charge on any atom is -0.348 e. The van der Waals surface area contributed by atoms with E-state index in [4.69, 9.17) is 5.73 Å². The van der Waals surface area contributed by atoms with Gasteiger partial charge < -0.3 is 11.1 Å². The molecule has 0 aliphatic rings. The Morgan fingerprint density at radius 2 is 1.84 bits per heavy atom. The number of rotatable bonds is 4. The number of aromatic nitrogens is 1. The van der Waals surface area contributed by atoms with Crippen LogP contribution < -0.4 is 11.1 Å². The Labute approximate surface area is 112 Å². The van der Waals surface area contributed by atoms with Gasteiger partial charge in [0.25, 0.3) is 0 Å². The molecule has 0 spiro atoms. The number of nitrogens with two attached hydrogens (primary N) is 1. The molecule has 1 aromatic carbocycles. The summed E-state index contributed by atoms with van der Waals surface area (Å²) < 4.78 is 0. The first-order chi connectivity index (χ1) is 9.18. The maximum Gasteiger partial charge on any atom is 0.241 e. The van der Waals surface area contributed by atoms with Gasteiger partial charge in [0, 0.05) is 12.4 Å². The van der Waals surface area contributed by atoms with Crippen molar-refractivity contribution in [1.29, 1.82) is 0 Å². The normalized spacial score (nSPS) is 13.6. The lowest BCUT2D eigenvalue weighted by atomic mass is 10.1. The number of hydrogen-bond donors (Lipinski definition) is 2. The summed E-state index contributed by atoms with van der Waals surface area (Å²) in [6, 6.07) is 12.3. The Balaban J connectivity index is 2.02. The van der Waals surface area contributed by atoms with E-state index in [-0.39, 0.29) is 11.9 Å². The van der Waals surface area contributed by atoms with E-state index in [1.807, 2.05) is 49.4 Å². The molecule has 1 amide bonds. The largest absolute Gasteiger partial charge is 0.348 e. The van der Waals surface area contributed by atoms with Gasteiger partial charge >= 0.3 is 0 Å². The van der Waals surface area contributed by atoms with Crippen molar-refractivity contribution in [3.8, 4) is 0 Å². The van der Waals surface area contributed by atoms with Crippen molar-refractivity contribution in [1.82, 2.24) is 10.3 Å². The zero-order chi connectivity index (χ0) is 13.7. The number of pyridine rings is 1. The summed E-state index contributed by atoms with van der Waals surface area (Å²) in [7, 11) is 0. The minimum absolute atomic E-state index is 0.115. The average Bonchev–Trinajstić information content (AvgIpc) is 2.48. The first-order valence-corrected chi connectivity index (χ1v) is 6.19. The second-order valence-corrected chi connectivity index (χ2v) is 4.40. The maximum absolute atomic E-state index is 12.1. The number of amides is 1. The summed E-state index contributed by atoms with van der Waals surface area (Å²) in [6.07, 6.45) is 3.44. The van der Waals surface area contributed by atoms with Crippen LogP contribution in [0, 0.1) is 0 Å². The quantitative estimate of drug-likeness (QED) is 0.877. The van der Waals surface area contributed by atoms with Crippen LogP contribution in [0.4, 0.5) is 0 Å². The number of carbonyl (C=O) groups is 1. The predicted molar refractivity (Wildman–Crippen MR) is 74.2 cm³/mol. The van der Waals surface area contributed by atoms with Crippen LogP contribution in [0.3, 0.4) is 0 Å². The number of nitrogens with one attached hydrogen (secondary N) is 1. The van der Waals surface area contributed by atoms with Crippen LogP contribution in [0.25, 0.3) is 0 Å². The molecule has 4 nitrogen and oxygen atoms in total. The molecule has 2 atom stereocenters. The fraction of sp³-hybridized carbons (Fsp3) is 0.200. The van der Waals surface area contributed by atoms with Crippen LogP contribution in [0.2, 0.25) is 0 Å². The lowest BCUT2D eigenvalue weighted by Gasteiger charge is -2.17. The molecule has 0 aliphatic heterocycles. The summed E-state index contributed by atoms with van der Waals surface area (Å²) in [5.41, 5.74) is 7.70. The second kappa shape index (κ2) is 6.11. The summed E-state index contributed by atoms with van der Waals surface area (Å²) in [6.45, 7) is 1.91. The van der Waals surface area contributed by atoms with Crippen molar-refractivity contribution in [2.24, 2.45) is 5.73 Å². The maximum atomic E-state index is 12.1. The van der Waals surface area contributed by atoms with E-state index in [1.165, 1.54) is 0 Å². The van der Waals surface area contributed by atoms with E-state index in [0.29, 0.717) is 0 Å². The Bertz CT molecular complexity index is 528. The average molecular weight is 255 g/mol. The van der Waals surface area contributed by atoms with Gasteiger partial charge in [-0.1, -0.05) is 36.4 Å². The van der Waals surface area contributed by atoms with Crippen molar-refractivity contribution in [3.05, 3.63) is 66.0 Å². The first-order valence-electron chi connectivity index (χ1n) is 6.19. The molecule has 1 unspecified atom stereocenters. The molecule has 0 radical (unpaired) electrons. The van der Waals surface area contributed by atoms with Crippen molar-refractivity contribution in [2.45, 2.75) is 19.0 Å². The lowest BCUT2D eigenvalue weighted by Crippen LogP contribution is -2.35. The predicted octanol–water partition coefficient (Wildman–Crippen LogP) is 1.96. The van der Waals surface area contributed by atoms with Crippen LogP contribution in [-0.2, 0) is 4.79 Å². The molecule has 3 N–H and O–H groups in total. The van der Waals surface area contributed by atoms with Crippen LogP contribution in [0.5, 0.6) is 0 Å². The van der Waals surface area contributed by atoms with Gasteiger partial charge in [-0.3, -0.25) is 9.78 Å². The van der Waals surface area contributed by atoms with Gasteiger partial charge in [-0.05, 0) is 24.1 Å². The molecule has 0 saturated heterocycles. The molecule has 0 aliphatic carbocycles. The third-order valence-electron chi connectivity index (χ3n) is 2.98. The highest BCUT2D eigenvalue weighted by Crippen LogP contribution is 2.14. The lowest BCUT2D eigenvalue weighted by molar-refractivity contribution is -0.123. The molecular weight excluding hydrogens is 238 g/mol. The SMILES string of the molecule is CC(NC(=O)[C@H](N)c1ccccc1)c1cccnc1. The highest BCUT2D eigenvalue weighted by atomic mass is 16.2. The molecule has 1 aromatic heterocycles. The molecule has 2 aromatic rings. The van der Waals surface area contributed by atoms with E-state index in [0.717, 1.165) is 11.1 Å². The number of hydrogen-bond acceptors (Lipinski definition) is 3. The minimum atomic E-state index is -0.652. The third-order valence-corrected chi connectivity index (χ3v) is 2.98. The molecule has 0 saturated carbocycles. The smallest absolute Gasteiger partial charge is 0.241 e. The highest BCUT2D eigenvalue weighted by molar-refractivity contribution is 5.83. The van der Waals surface area contributed by atoms with Crippen LogP contribution in [0.1, 0.15) is 30.1 Å². The first kappa shape index (κ1) is 13.2. The van der Waals surface area contributed by atoms with Gasteiger partial charge in [0.05, 0.1) is 6.04 Å². The standard InChI is InChI=1S/C15H17N3O/c1-11(13-8-5-9-17-10-13)18-15(19)14(16)12-6-3-2-4-7-12/h2-11,14H,16H2,1H3,(H,18,19)/t11?,14-/m1/s1. The summed E-state index contributed by atoms with van der Waals surface area (Å²) >= 11 is 0. The van der Waals surface area contributed by atoms with Crippen molar-refractivity contribution >= 4 is 5.91 Å². The molecule has 0 bridgehead atoms. The summed E-state index contributed by atoms with van der Waals surface area (Å²) in [5.74, 6) is -0.192.